The van der Waals surface area contributed by atoms with E-state index in [1.807, 2.05) is 63.3 Å². The first kappa shape index (κ1) is 47.8. The number of esters is 1. The number of amides is 1. The summed E-state index contributed by atoms with van der Waals surface area (Å²) in [6.07, 6.45) is -2.34. The van der Waals surface area contributed by atoms with E-state index in [-0.39, 0.29) is 30.9 Å². The van der Waals surface area contributed by atoms with Gasteiger partial charge in [-0.3, -0.25) is 19.4 Å². The number of Topliss-reactive ketones (excluding diaryl/α,β-unsaturated/α-hetero) is 1. The van der Waals surface area contributed by atoms with Crippen molar-refractivity contribution >= 4 is 40.4 Å². The van der Waals surface area contributed by atoms with Crippen molar-refractivity contribution in [1.82, 2.24) is 15.2 Å². The first-order valence-corrected chi connectivity index (χ1v) is 21.5. The lowest BCUT2D eigenvalue weighted by Gasteiger charge is -2.47. The summed E-state index contributed by atoms with van der Waals surface area (Å²) in [5, 5.41) is 20.0. The summed E-state index contributed by atoms with van der Waals surface area (Å²) >= 11 is 0. The fourth-order valence-electron chi connectivity index (χ4n) is 9.22. The van der Waals surface area contributed by atoms with Crippen LogP contribution in [0.4, 0.5) is 4.79 Å². The van der Waals surface area contributed by atoms with Gasteiger partial charge in [-0.1, -0.05) is 51.0 Å². The maximum absolute atomic E-state index is 14.3. The maximum Gasteiger partial charge on any atom is 0.509 e. The molecule has 61 heavy (non-hydrogen) atoms. The molecule has 0 saturated carbocycles. The molecule has 3 saturated heterocycles. The van der Waals surface area contributed by atoms with Crippen molar-refractivity contribution in [2.45, 2.75) is 142 Å². The first-order valence-electron chi connectivity index (χ1n) is 21.5. The van der Waals surface area contributed by atoms with Crippen LogP contribution in [0, 0.1) is 23.7 Å². The van der Waals surface area contributed by atoms with Crippen molar-refractivity contribution < 1.29 is 57.5 Å². The highest BCUT2D eigenvalue weighted by atomic mass is 16.8. The van der Waals surface area contributed by atoms with Gasteiger partial charge in [0.1, 0.15) is 18.1 Å². The standard InChI is InChI=1S/C45H66N4O12/c1-12-34-45(8)40(60-43(54)61-45)27(4)36(48-56-24-35(50)46-19-15-16-30-21-31-17-13-14-18-32(31)47-23-30)25(2)22-44(7,55-11)39(28(5)37(51)29(6)41(53)58-34)59-42-38(52)33(49(9)10)20-26(3)57-42/h13-14,17-18,21,23,25-29,33-34,38-40,42,52H,12,15-16,19-20,22,24H2,1-11H3,(H,46,50)/b48-36+/t25-,26-,27+,28+,29-,33+,34-,38-,39-,40-,42+,44+,45-/m1/s1. The molecule has 338 valence electrons. The number of methoxy groups -OCH3 is 1. The Morgan fingerprint density at radius 1 is 1.07 bits per heavy atom. The van der Waals surface area contributed by atoms with Gasteiger partial charge in [0.15, 0.2) is 30.4 Å². The number of nitrogens with zero attached hydrogens (tertiary/aromatic N) is 3. The van der Waals surface area contributed by atoms with Crippen LogP contribution in [0.15, 0.2) is 41.7 Å². The average molecular weight is 855 g/mol. The van der Waals surface area contributed by atoms with Crippen LogP contribution in [0.1, 0.15) is 86.6 Å². The molecule has 16 nitrogen and oxygen atoms in total. The molecule has 16 heteroatoms. The van der Waals surface area contributed by atoms with Crippen molar-refractivity contribution in [3.05, 3.63) is 42.1 Å². The summed E-state index contributed by atoms with van der Waals surface area (Å²) in [6.45, 7) is 13.9. The number of ether oxygens (including phenoxy) is 6. The zero-order valence-electron chi connectivity index (χ0n) is 37.5. The highest BCUT2D eigenvalue weighted by Crippen LogP contribution is 2.42. The lowest BCUT2D eigenvalue weighted by molar-refractivity contribution is -0.295. The van der Waals surface area contributed by atoms with Gasteiger partial charge in [0.05, 0.1) is 29.0 Å². The number of aliphatic hydroxyl groups is 1. The lowest BCUT2D eigenvalue weighted by Crippen LogP contribution is -2.59. The number of aryl methyl sites for hydroxylation is 1. The molecule has 0 spiro atoms. The van der Waals surface area contributed by atoms with Crippen LogP contribution in [0.25, 0.3) is 10.9 Å². The Labute approximate surface area is 359 Å². The van der Waals surface area contributed by atoms with E-state index in [1.165, 1.54) is 14.0 Å². The molecule has 0 unspecified atom stereocenters. The number of hydrogen-bond acceptors (Lipinski definition) is 15. The van der Waals surface area contributed by atoms with E-state index in [0.717, 1.165) is 22.9 Å². The summed E-state index contributed by atoms with van der Waals surface area (Å²) in [4.78, 5) is 66.3. The van der Waals surface area contributed by atoms with Crippen molar-refractivity contribution in [3.63, 3.8) is 0 Å². The van der Waals surface area contributed by atoms with E-state index < -0.39 is 90.1 Å². The number of oxime groups is 1. The zero-order valence-corrected chi connectivity index (χ0v) is 37.5. The Kier molecular flexibility index (Phi) is 15.9. The van der Waals surface area contributed by atoms with Gasteiger partial charge in [-0.2, -0.15) is 0 Å². The van der Waals surface area contributed by atoms with Gasteiger partial charge in [-0.25, -0.2) is 4.79 Å². The van der Waals surface area contributed by atoms with E-state index >= 15 is 0 Å². The summed E-state index contributed by atoms with van der Waals surface area (Å²) < 4.78 is 36.7. The molecule has 4 heterocycles. The number of aliphatic hydroxyl groups excluding tert-OH is 1. The molecule has 5 rings (SSSR count). The number of benzene rings is 1. The number of carbonyl (C=O) groups is 4. The minimum Gasteiger partial charge on any atom is -0.457 e. The normalized spacial score (nSPS) is 35.9. The van der Waals surface area contributed by atoms with Gasteiger partial charge < -0.3 is 48.6 Å². The van der Waals surface area contributed by atoms with Crippen LogP contribution < -0.4 is 5.32 Å². The summed E-state index contributed by atoms with van der Waals surface area (Å²) in [5.41, 5.74) is -0.380. The summed E-state index contributed by atoms with van der Waals surface area (Å²) in [5.74, 6) is -5.12. The van der Waals surface area contributed by atoms with E-state index in [1.54, 1.807) is 34.6 Å². The highest BCUT2D eigenvalue weighted by Gasteiger charge is 2.59. The molecule has 13 atom stereocenters. The number of carbonyl (C=O) groups excluding carboxylic acids is 4. The zero-order chi connectivity index (χ0) is 44.8. The third-order valence-electron chi connectivity index (χ3n) is 12.8. The minimum atomic E-state index is -1.48. The Morgan fingerprint density at radius 2 is 1.79 bits per heavy atom. The second-order valence-corrected chi connectivity index (χ2v) is 17.6. The van der Waals surface area contributed by atoms with E-state index in [4.69, 9.17) is 33.3 Å². The number of ketones is 1. The van der Waals surface area contributed by atoms with Gasteiger partial charge in [0.25, 0.3) is 5.91 Å². The Hall–Kier alpha value is -4.22. The molecule has 2 N–H and O–H groups in total. The molecular weight excluding hydrogens is 789 g/mol. The number of nitrogens with one attached hydrogen (secondary N) is 1. The maximum atomic E-state index is 14.3. The molecule has 2 aromatic rings. The molecule has 0 bridgehead atoms. The van der Waals surface area contributed by atoms with Gasteiger partial charge in [-0.15, -0.1) is 0 Å². The van der Waals surface area contributed by atoms with Gasteiger partial charge in [0, 0.05) is 49.0 Å². The number of pyridine rings is 1. The average Bonchev–Trinajstić information content (AvgIpc) is 3.55. The summed E-state index contributed by atoms with van der Waals surface area (Å²) in [6, 6.07) is 9.70. The number of aromatic nitrogens is 1. The Morgan fingerprint density at radius 3 is 2.48 bits per heavy atom. The van der Waals surface area contributed by atoms with Crippen LogP contribution in [-0.2, 0) is 54.1 Å². The second kappa shape index (κ2) is 20.3. The van der Waals surface area contributed by atoms with E-state index in [9.17, 15) is 24.3 Å². The van der Waals surface area contributed by atoms with Crippen LogP contribution in [0.5, 0.6) is 0 Å². The molecule has 3 aliphatic heterocycles. The molecule has 0 aliphatic carbocycles. The van der Waals surface area contributed by atoms with E-state index in [0.29, 0.717) is 25.1 Å². The van der Waals surface area contributed by atoms with Crippen molar-refractivity contribution in [2.24, 2.45) is 28.8 Å². The third-order valence-corrected chi connectivity index (χ3v) is 12.8. The number of hydrogen-bond donors (Lipinski definition) is 2. The first-order chi connectivity index (χ1) is 28.8. The third kappa shape index (κ3) is 10.9. The topological polar surface area (TPSA) is 194 Å². The monoisotopic (exact) mass is 854 g/mol. The molecule has 3 fully saturated rings. The fraction of sp³-hybridized carbons (Fsp3) is 0.689. The molecule has 1 amide bonds. The van der Waals surface area contributed by atoms with Crippen LogP contribution in [-0.4, -0.2) is 133 Å². The smallest absolute Gasteiger partial charge is 0.457 e. The number of para-hydroxylation sites is 1. The number of likely N-dealkylation sites (N-methyl/N-ethyl adjacent to an activating group) is 1. The molecule has 0 radical (unpaired) electrons. The van der Waals surface area contributed by atoms with Crippen molar-refractivity contribution in [1.29, 1.82) is 0 Å². The molecule has 1 aromatic heterocycles. The number of cyclic esters (lactones) is 1. The van der Waals surface area contributed by atoms with Crippen molar-refractivity contribution in [3.8, 4) is 0 Å². The fourth-order valence-corrected chi connectivity index (χ4v) is 9.22. The van der Waals surface area contributed by atoms with Crippen LogP contribution >= 0.6 is 0 Å². The minimum absolute atomic E-state index is 0.165. The molecule has 3 aliphatic rings. The lowest BCUT2D eigenvalue weighted by atomic mass is 9.74. The summed E-state index contributed by atoms with van der Waals surface area (Å²) in [7, 11) is 5.23. The number of fused-ring (bicyclic) bond motifs is 2. The quantitative estimate of drug-likeness (QED) is 0.125. The van der Waals surface area contributed by atoms with Crippen molar-refractivity contribution in [2.75, 3.05) is 34.4 Å². The molecule has 1 aromatic carbocycles. The Bertz CT molecular complexity index is 1890. The predicted molar refractivity (Wildman–Crippen MR) is 225 cm³/mol. The SMILES string of the molecule is CC[C@H]1OC(=O)[C@H](C)C(=O)[C@H](C)[C@@H](O[C@@H]2O[C@H](C)C[C@H](N(C)C)[C@H]2O)[C@@](C)(OC)C[C@@H](C)/C(=N\OCC(=O)NCCCc2cnc3ccccc3c2)[C@H](C)[C@H]2OC(=O)O[C@@]21C. The molecular formula is C45H66N4O12. The van der Waals surface area contributed by atoms with Crippen LogP contribution in [0.2, 0.25) is 0 Å². The van der Waals surface area contributed by atoms with Gasteiger partial charge in [-0.05, 0) is 91.6 Å². The largest absolute Gasteiger partial charge is 0.509 e. The van der Waals surface area contributed by atoms with E-state index in [2.05, 4.69) is 21.5 Å². The Balaban J connectivity index is 1.43. The van der Waals surface area contributed by atoms with Gasteiger partial charge in [0.2, 0.25) is 0 Å². The second-order valence-electron chi connectivity index (χ2n) is 17.6. The van der Waals surface area contributed by atoms with Crippen LogP contribution in [0.3, 0.4) is 0 Å². The number of rotatable bonds is 12. The predicted octanol–water partition coefficient (Wildman–Crippen LogP) is 5.01. The highest BCUT2D eigenvalue weighted by molar-refractivity contribution is 6.00. The van der Waals surface area contributed by atoms with Gasteiger partial charge >= 0.3 is 12.1 Å².